The highest BCUT2D eigenvalue weighted by Crippen LogP contribution is 2.50. The van der Waals surface area contributed by atoms with E-state index in [1.165, 1.54) is 47.1 Å². The predicted molar refractivity (Wildman–Crippen MR) is 399 cm³/mol. The van der Waals surface area contributed by atoms with Crippen LogP contribution in [0.2, 0.25) is 0 Å². The van der Waals surface area contributed by atoms with Gasteiger partial charge in [-0.15, -0.1) is 22.9 Å². The number of amides is 9. The normalized spacial score (nSPS) is 14.2. The second-order valence-electron chi connectivity index (χ2n) is 25.2. The Kier molecular flexibility index (Phi) is 31.9. The Bertz CT molecular complexity index is 4180. The topological polar surface area (TPSA) is 365 Å². The minimum Gasteiger partial charge on any atom is -0.445 e. The Hall–Kier alpha value is -8.99. The standard InChI is InChI=1S/C74H90ClN8O23PS/c1-49(2)69(78-64(84)22-29-98-33-35-100-37-39-102-41-42-103-40-38-101-36-34-99-32-28-82-66(86)19-20-67(82)87)70(88)76-46-65(85)77-52-15-13-50(14-16-52)48-104-73(91)79(26-30-96-3)24-25-80(27-31-97-4)74(92)105-60-43-58-54(53-9-5-6-10-55(53)60)21-23-81(58)71(89)62-17-18-63(108-62)72(90)83-47-51(45-75)68-57-12-8-7-11-56(57)61(44-59(68)83)106-107(93,94)95/h5-20,43-44,49,51,69H,21-42,45-48H2,1-4H3,(H,76,88)(H,77,85)(H,78,84)(H2,93,94,95)/t51-,69?/m1/s1. The zero-order chi connectivity index (χ0) is 77.1. The molecule has 34 heteroatoms. The molecule has 1 aromatic heterocycles. The third kappa shape index (κ3) is 23.5. The molecule has 0 fully saturated rings. The first-order valence-corrected chi connectivity index (χ1v) is 38.0. The quantitative estimate of drug-likeness (QED) is 0.0111. The summed E-state index contributed by atoms with van der Waals surface area (Å²) < 4.78 is 72.7. The summed E-state index contributed by atoms with van der Waals surface area (Å²) in [6.07, 6.45) is 1.46. The summed E-state index contributed by atoms with van der Waals surface area (Å²) in [5.74, 6) is -3.44. The van der Waals surface area contributed by atoms with Gasteiger partial charge in [0.25, 0.3) is 23.6 Å². The fourth-order valence-corrected chi connectivity index (χ4v) is 13.6. The van der Waals surface area contributed by atoms with Crippen LogP contribution in [0.3, 0.4) is 0 Å². The van der Waals surface area contributed by atoms with Gasteiger partial charge in [-0.25, -0.2) is 14.2 Å². The molecule has 0 saturated heterocycles. The lowest BCUT2D eigenvalue weighted by Gasteiger charge is -2.27. The maximum absolute atomic E-state index is 14.6. The van der Waals surface area contributed by atoms with Crippen molar-refractivity contribution in [1.29, 1.82) is 0 Å². The zero-order valence-corrected chi connectivity index (χ0v) is 62.9. The number of anilines is 3. The lowest BCUT2D eigenvalue weighted by molar-refractivity contribution is -0.137. The molecule has 1 unspecified atom stereocenters. The molecular formula is C74H90ClN8O23PS. The second kappa shape index (κ2) is 41.5. The van der Waals surface area contributed by atoms with E-state index in [0.29, 0.717) is 98.1 Å². The number of thiophene rings is 1. The van der Waals surface area contributed by atoms with Crippen molar-refractivity contribution in [1.82, 2.24) is 25.3 Å². The van der Waals surface area contributed by atoms with E-state index in [1.54, 1.807) is 85.5 Å². The minimum atomic E-state index is -5.00. The fraction of sp³-hybridized carbons (Fsp3) is 0.446. The number of hydrogen-bond acceptors (Lipinski definition) is 22. The number of methoxy groups -OCH3 is 2. The van der Waals surface area contributed by atoms with E-state index in [2.05, 4.69) is 16.0 Å². The summed E-state index contributed by atoms with van der Waals surface area (Å²) in [5, 5.41) is 10.5. The van der Waals surface area contributed by atoms with E-state index >= 15 is 0 Å². The largest absolute Gasteiger partial charge is 0.524 e. The Morgan fingerprint density at radius 2 is 1.15 bits per heavy atom. The molecule has 0 bridgehead atoms. The lowest BCUT2D eigenvalue weighted by Crippen LogP contribution is -2.51. The van der Waals surface area contributed by atoms with Crippen LogP contribution in [0.4, 0.5) is 26.7 Å². The first-order valence-electron chi connectivity index (χ1n) is 35.1. The van der Waals surface area contributed by atoms with Crippen LogP contribution < -0.4 is 35.0 Å². The number of benzene rings is 5. The maximum atomic E-state index is 14.6. The van der Waals surface area contributed by atoms with Crippen molar-refractivity contribution in [3.63, 3.8) is 0 Å². The average molecular weight is 1560 g/mol. The highest BCUT2D eigenvalue weighted by Gasteiger charge is 2.38. The number of carbonyl (C=O) groups is 9. The van der Waals surface area contributed by atoms with E-state index in [-0.39, 0.29) is 156 Å². The molecule has 9 amide bonds. The molecule has 0 radical (unpaired) electrons. The van der Waals surface area contributed by atoms with Crippen molar-refractivity contribution in [3.05, 3.63) is 136 Å². The molecule has 5 N–H and O–H groups in total. The highest BCUT2D eigenvalue weighted by molar-refractivity contribution is 7.46. The van der Waals surface area contributed by atoms with E-state index in [1.807, 2.05) is 24.3 Å². The van der Waals surface area contributed by atoms with Gasteiger partial charge in [-0.2, -0.15) is 0 Å². The molecule has 5 aromatic carbocycles. The molecule has 108 heavy (non-hydrogen) atoms. The van der Waals surface area contributed by atoms with Crippen LogP contribution in [0, 0.1) is 5.92 Å². The molecular weight excluding hydrogens is 1470 g/mol. The summed E-state index contributed by atoms with van der Waals surface area (Å²) >= 11 is 7.48. The van der Waals surface area contributed by atoms with Crippen molar-refractivity contribution in [3.8, 4) is 11.5 Å². The van der Waals surface area contributed by atoms with Crippen molar-refractivity contribution in [2.75, 3.05) is 180 Å². The van der Waals surface area contributed by atoms with E-state index in [9.17, 15) is 57.5 Å². The van der Waals surface area contributed by atoms with Gasteiger partial charge >= 0.3 is 20.0 Å². The lowest BCUT2D eigenvalue weighted by atomic mass is 9.95. The van der Waals surface area contributed by atoms with Crippen LogP contribution in [-0.4, -0.2) is 249 Å². The predicted octanol–water partition coefficient (Wildman–Crippen LogP) is 7.05. The number of imide groups is 1. The minimum absolute atomic E-state index is 0.00608. The zero-order valence-electron chi connectivity index (χ0n) is 60.4. The maximum Gasteiger partial charge on any atom is 0.524 e. The van der Waals surface area contributed by atoms with Gasteiger partial charge in [0.15, 0.2) is 0 Å². The summed E-state index contributed by atoms with van der Waals surface area (Å²) in [4.78, 5) is 146. The van der Waals surface area contributed by atoms with Gasteiger partial charge in [-0.1, -0.05) is 74.5 Å². The van der Waals surface area contributed by atoms with Gasteiger partial charge in [0, 0.05) is 112 Å². The first kappa shape index (κ1) is 83.1. The first-order chi connectivity index (χ1) is 52.2. The smallest absolute Gasteiger partial charge is 0.445 e. The van der Waals surface area contributed by atoms with Crippen molar-refractivity contribution >= 4 is 123 Å². The number of phosphoric acid groups is 1. The van der Waals surface area contributed by atoms with E-state index in [4.69, 9.17) is 63.5 Å². The van der Waals surface area contributed by atoms with Crippen LogP contribution in [0.1, 0.15) is 62.2 Å². The van der Waals surface area contributed by atoms with Crippen molar-refractivity contribution in [2.24, 2.45) is 5.92 Å². The van der Waals surface area contributed by atoms with Crippen molar-refractivity contribution in [2.45, 2.75) is 45.3 Å². The van der Waals surface area contributed by atoms with Crippen LogP contribution in [0.5, 0.6) is 11.5 Å². The number of nitrogens with one attached hydrogen (secondary N) is 3. The van der Waals surface area contributed by atoms with Gasteiger partial charge in [0.1, 0.15) is 24.1 Å². The van der Waals surface area contributed by atoms with Crippen LogP contribution >= 0.6 is 30.8 Å². The Morgan fingerprint density at radius 1 is 0.620 bits per heavy atom. The SMILES string of the molecule is COCCN(CCN(CCOC)C(=O)Oc1cc2c(c3ccccc13)CCN2C(=O)c1ccc(C(=O)N2C[C@@H](CCl)c3c2cc(OP(=O)(O)O)c2ccccc32)s1)C(=O)OCc1ccc(NC(=O)CNC(=O)C(NC(=O)CCOCCOCCOCCOCCOCCOCCN2C(=O)C=CC2=O)C(C)C)cc1. The molecule has 0 spiro atoms. The molecule has 0 aliphatic carbocycles. The summed E-state index contributed by atoms with van der Waals surface area (Å²) in [6.45, 7) is 7.67. The molecule has 3 aliphatic heterocycles. The molecule has 6 aromatic rings. The van der Waals surface area contributed by atoms with Gasteiger partial charge in [0.05, 0.1) is 127 Å². The number of hydrogen-bond donors (Lipinski definition) is 5. The Labute approximate surface area is 633 Å². The van der Waals surface area contributed by atoms with Crippen LogP contribution in [-0.2, 0) is 84.2 Å². The van der Waals surface area contributed by atoms with E-state index < -0.39 is 55.6 Å². The molecule has 4 heterocycles. The number of rotatable bonds is 44. The summed E-state index contributed by atoms with van der Waals surface area (Å²) in [6, 6.07) is 26.1. The number of halogens is 1. The number of carbonyl (C=O) groups excluding carboxylic acids is 9. The van der Waals surface area contributed by atoms with Gasteiger partial charge in [0.2, 0.25) is 17.7 Å². The molecule has 3 aliphatic rings. The Balaban J connectivity index is 0.680. The van der Waals surface area contributed by atoms with Crippen molar-refractivity contribution < 1.29 is 109 Å². The Morgan fingerprint density at radius 3 is 1.71 bits per heavy atom. The number of alkyl halides is 1. The molecule has 582 valence electrons. The van der Waals surface area contributed by atoms with Gasteiger partial charge in [-0.3, -0.25) is 48.2 Å². The third-order valence-electron chi connectivity index (χ3n) is 17.5. The highest BCUT2D eigenvalue weighted by atomic mass is 35.5. The van der Waals surface area contributed by atoms with Gasteiger partial charge in [-0.05, 0) is 64.1 Å². The fourth-order valence-electron chi connectivity index (χ4n) is 12.0. The van der Waals surface area contributed by atoms with Crippen LogP contribution in [0.25, 0.3) is 21.5 Å². The van der Waals surface area contributed by atoms with Crippen LogP contribution in [0.15, 0.2) is 109 Å². The third-order valence-corrected chi connectivity index (χ3v) is 19.4. The number of nitrogens with zero attached hydrogens (tertiary/aromatic N) is 5. The monoisotopic (exact) mass is 1560 g/mol. The number of phosphoric ester groups is 1. The summed E-state index contributed by atoms with van der Waals surface area (Å²) in [7, 11) is -2.03. The van der Waals surface area contributed by atoms with Gasteiger partial charge < -0.3 is 87.4 Å². The molecule has 9 rings (SSSR count). The number of fused-ring (bicyclic) bond motifs is 6. The molecule has 2 atom stereocenters. The number of ether oxygens (including phenoxy) is 10. The second-order valence-corrected chi connectivity index (χ2v) is 27.8. The molecule has 31 nitrogen and oxygen atoms in total. The van der Waals surface area contributed by atoms with E-state index in [0.717, 1.165) is 32.7 Å². The summed E-state index contributed by atoms with van der Waals surface area (Å²) in [5.41, 5.74) is 3.45. The average Bonchev–Trinajstić information content (AvgIpc) is 1.58. The molecule has 0 saturated carbocycles.